The monoisotopic (exact) mass is 336 g/mol. The minimum Gasteiger partial charge on any atom is -0.493 e. The molecule has 0 aromatic heterocycles. The Labute approximate surface area is 134 Å². The number of alkyl halides is 3. The second kappa shape index (κ2) is 7.06. The normalized spacial score (nSPS) is 20.0. The maximum atomic E-state index is 13.0. The molecule has 0 saturated carbocycles. The van der Waals surface area contributed by atoms with Gasteiger partial charge in [0.1, 0.15) is 5.75 Å². The average Bonchev–Trinajstić information content (AvgIpc) is 2.92. The molecule has 0 amide bonds. The zero-order chi connectivity index (χ0) is 14.9. The van der Waals surface area contributed by atoms with Crippen LogP contribution in [0.25, 0.3) is 0 Å². The molecule has 3 nitrogen and oxygen atoms in total. The van der Waals surface area contributed by atoms with Gasteiger partial charge in [0.25, 0.3) is 0 Å². The van der Waals surface area contributed by atoms with Crippen molar-refractivity contribution >= 4 is 12.4 Å². The maximum absolute atomic E-state index is 13.0. The number of hydrogen-bond donors (Lipinski definition) is 1. The fourth-order valence-electron chi connectivity index (χ4n) is 3.08. The van der Waals surface area contributed by atoms with Crippen LogP contribution in [0.3, 0.4) is 0 Å². The summed E-state index contributed by atoms with van der Waals surface area (Å²) in [6.07, 6.45) is -4.18. The Kier molecular flexibility index (Phi) is 5.58. The molecule has 0 spiro atoms. The average molecular weight is 337 g/mol. The van der Waals surface area contributed by atoms with Gasteiger partial charge in [-0.15, -0.1) is 12.4 Å². The molecule has 0 radical (unpaired) electrons. The zero-order valence-electron chi connectivity index (χ0n) is 12.2. The molecule has 1 fully saturated rings. The molecule has 2 aliphatic heterocycles. The Bertz CT molecular complexity index is 504. The summed E-state index contributed by atoms with van der Waals surface area (Å²) in [5, 5.41) is 3.18. The lowest BCUT2D eigenvalue weighted by Gasteiger charge is -2.35. The number of halogens is 4. The first kappa shape index (κ1) is 17.4. The highest BCUT2D eigenvalue weighted by Gasteiger charge is 2.36. The number of ether oxygens (including phenoxy) is 1. The van der Waals surface area contributed by atoms with Crippen molar-refractivity contribution in [2.24, 2.45) is 0 Å². The lowest BCUT2D eigenvalue weighted by Crippen LogP contribution is -2.46. The summed E-state index contributed by atoms with van der Waals surface area (Å²) in [5.74, 6) is 0.810. The molecule has 7 heteroatoms. The van der Waals surface area contributed by atoms with Crippen LogP contribution in [0.15, 0.2) is 18.2 Å². The van der Waals surface area contributed by atoms with E-state index in [4.69, 9.17) is 4.74 Å². The summed E-state index contributed by atoms with van der Waals surface area (Å²) < 4.78 is 44.3. The van der Waals surface area contributed by atoms with E-state index in [1.165, 1.54) is 0 Å². The van der Waals surface area contributed by atoms with Gasteiger partial charge in [-0.1, -0.05) is 12.1 Å². The molecule has 1 aromatic carbocycles. The van der Waals surface area contributed by atoms with Crippen LogP contribution in [0.5, 0.6) is 5.75 Å². The van der Waals surface area contributed by atoms with Gasteiger partial charge >= 0.3 is 6.18 Å². The van der Waals surface area contributed by atoms with Crippen LogP contribution in [0.2, 0.25) is 0 Å². The van der Waals surface area contributed by atoms with Gasteiger partial charge in [-0.2, -0.15) is 13.2 Å². The number of hydrogen-bond acceptors (Lipinski definition) is 3. The Hall–Kier alpha value is -0.980. The van der Waals surface area contributed by atoms with E-state index < -0.39 is 18.6 Å². The highest BCUT2D eigenvalue weighted by atomic mass is 35.5. The van der Waals surface area contributed by atoms with Gasteiger partial charge in [0.15, 0.2) is 0 Å². The predicted octanol–water partition coefficient (Wildman–Crippen LogP) is 2.94. The van der Waals surface area contributed by atoms with Gasteiger partial charge in [-0.25, -0.2) is 0 Å². The molecule has 1 aromatic rings. The Morgan fingerprint density at radius 2 is 1.95 bits per heavy atom. The van der Waals surface area contributed by atoms with E-state index in [1.807, 2.05) is 17.0 Å². The third-order valence-electron chi connectivity index (χ3n) is 4.12. The first-order valence-corrected chi connectivity index (χ1v) is 7.30. The van der Waals surface area contributed by atoms with Gasteiger partial charge < -0.3 is 10.1 Å². The third-order valence-corrected chi connectivity index (χ3v) is 4.12. The Morgan fingerprint density at radius 3 is 2.64 bits per heavy atom. The van der Waals surface area contributed by atoms with Crippen LogP contribution in [0, 0.1) is 0 Å². The second-order valence-corrected chi connectivity index (χ2v) is 5.59. The van der Waals surface area contributed by atoms with Crippen molar-refractivity contribution in [2.75, 3.05) is 32.8 Å². The quantitative estimate of drug-likeness (QED) is 0.918. The van der Waals surface area contributed by atoms with Crippen LogP contribution >= 0.6 is 12.4 Å². The number of rotatable bonds is 3. The number of fused-ring (bicyclic) bond motifs is 1. The smallest absolute Gasteiger partial charge is 0.390 e. The molecular formula is C15H20ClF3N2O. The van der Waals surface area contributed by atoms with Crippen molar-refractivity contribution in [2.45, 2.75) is 25.1 Å². The van der Waals surface area contributed by atoms with Crippen molar-refractivity contribution in [1.82, 2.24) is 10.2 Å². The first-order chi connectivity index (χ1) is 10.0. The van der Waals surface area contributed by atoms with E-state index in [1.54, 1.807) is 6.07 Å². The van der Waals surface area contributed by atoms with E-state index in [2.05, 4.69) is 5.32 Å². The highest BCUT2D eigenvalue weighted by molar-refractivity contribution is 5.85. The Morgan fingerprint density at radius 1 is 1.23 bits per heavy atom. The van der Waals surface area contributed by atoms with Crippen molar-refractivity contribution < 1.29 is 17.9 Å². The standard InChI is InChI=1S/C15H19F3N2O.ClH/c16-15(17,18)10-13(20-6-4-19-5-7-20)11-1-2-14-12(9-11)3-8-21-14;/h1-2,9,13,19H,3-8,10H2;1H/t13-;/m0./s1. The summed E-state index contributed by atoms with van der Waals surface area (Å²) >= 11 is 0. The molecule has 1 atom stereocenters. The van der Waals surface area contributed by atoms with Gasteiger partial charge in [-0.05, 0) is 17.2 Å². The van der Waals surface area contributed by atoms with E-state index in [0.717, 1.165) is 36.4 Å². The van der Waals surface area contributed by atoms with E-state index in [9.17, 15) is 13.2 Å². The van der Waals surface area contributed by atoms with Gasteiger partial charge in [0.05, 0.1) is 13.0 Å². The minimum absolute atomic E-state index is 0. The predicted molar refractivity (Wildman–Crippen MR) is 80.7 cm³/mol. The van der Waals surface area contributed by atoms with Crippen LogP contribution in [-0.4, -0.2) is 43.9 Å². The zero-order valence-corrected chi connectivity index (χ0v) is 13.0. The van der Waals surface area contributed by atoms with E-state index in [-0.39, 0.29) is 12.4 Å². The van der Waals surface area contributed by atoms with Gasteiger partial charge in [-0.3, -0.25) is 4.90 Å². The summed E-state index contributed by atoms with van der Waals surface area (Å²) in [4.78, 5) is 1.93. The molecule has 3 rings (SSSR count). The Balaban J connectivity index is 0.00000176. The lowest BCUT2D eigenvalue weighted by atomic mass is 9.98. The van der Waals surface area contributed by atoms with Crippen molar-refractivity contribution in [1.29, 1.82) is 0 Å². The van der Waals surface area contributed by atoms with Crippen LogP contribution in [0.1, 0.15) is 23.6 Å². The lowest BCUT2D eigenvalue weighted by molar-refractivity contribution is -0.148. The summed E-state index contributed by atoms with van der Waals surface area (Å²) in [5.41, 5.74) is 1.77. The van der Waals surface area contributed by atoms with Crippen molar-refractivity contribution in [3.8, 4) is 5.75 Å². The largest absolute Gasteiger partial charge is 0.493 e. The maximum Gasteiger partial charge on any atom is 0.390 e. The third kappa shape index (κ3) is 4.06. The van der Waals surface area contributed by atoms with E-state index in [0.29, 0.717) is 19.7 Å². The summed E-state index contributed by atoms with van der Waals surface area (Å²) in [7, 11) is 0. The van der Waals surface area contributed by atoms with Crippen LogP contribution < -0.4 is 10.1 Å². The SMILES string of the molecule is Cl.FC(F)(F)C[C@@H](c1ccc2c(c1)CCO2)N1CCNCC1. The molecule has 2 aliphatic rings. The number of piperazine rings is 1. The fourth-order valence-corrected chi connectivity index (χ4v) is 3.08. The molecule has 1 N–H and O–H groups in total. The van der Waals surface area contributed by atoms with Gasteiger partial charge in [0.2, 0.25) is 0 Å². The molecule has 0 bridgehead atoms. The molecule has 124 valence electrons. The minimum atomic E-state index is -4.16. The fraction of sp³-hybridized carbons (Fsp3) is 0.600. The second-order valence-electron chi connectivity index (χ2n) is 5.59. The summed E-state index contributed by atoms with van der Waals surface area (Å²) in [6, 6.07) is 4.88. The summed E-state index contributed by atoms with van der Waals surface area (Å²) in [6.45, 7) is 3.39. The number of nitrogens with one attached hydrogen (secondary N) is 1. The molecule has 0 aliphatic carbocycles. The van der Waals surface area contributed by atoms with Crippen LogP contribution in [0.4, 0.5) is 13.2 Å². The van der Waals surface area contributed by atoms with Crippen molar-refractivity contribution in [3.63, 3.8) is 0 Å². The molecular weight excluding hydrogens is 317 g/mol. The number of nitrogens with zero attached hydrogens (tertiary/aromatic N) is 1. The highest BCUT2D eigenvalue weighted by Crippen LogP contribution is 2.36. The van der Waals surface area contributed by atoms with Crippen LogP contribution in [-0.2, 0) is 6.42 Å². The molecule has 22 heavy (non-hydrogen) atoms. The molecule has 2 heterocycles. The van der Waals surface area contributed by atoms with E-state index >= 15 is 0 Å². The first-order valence-electron chi connectivity index (χ1n) is 7.30. The topological polar surface area (TPSA) is 24.5 Å². The van der Waals surface area contributed by atoms with Gasteiger partial charge in [0, 0.05) is 38.6 Å². The molecule has 0 unspecified atom stereocenters. The molecule has 1 saturated heterocycles. The van der Waals surface area contributed by atoms with Crippen molar-refractivity contribution in [3.05, 3.63) is 29.3 Å². The number of benzene rings is 1.